The van der Waals surface area contributed by atoms with E-state index in [4.69, 9.17) is 4.74 Å². The number of benzene rings is 1. The van der Waals surface area contributed by atoms with Gasteiger partial charge in [-0.1, -0.05) is 0 Å². The van der Waals surface area contributed by atoms with E-state index in [9.17, 15) is 18.0 Å². The summed E-state index contributed by atoms with van der Waals surface area (Å²) < 4.78 is 32.9. The summed E-state index contributed by atoms with van der Waals surface area (Å²) in [4.78, 5) is 33.7. The number of piperazine rings is 1. The van der Waals surface area contributed by atoms with Crippen LogP contribution < -0.4 is 5.32 Å². The molecule has 1 fully saturated rings. The molecule has 1 aromatic carbocycles. The SMILES string of the molecule is CC(C)(C)OC(=O)Nc1ccc(C(=O)N2CCN(S(=O)(=O)c3c[nH]c4ncccc34)CC2)cc1. The highest BCUT2D eigenvalue weighted by molar-refractivity contribution is 7.89. The van der Waals surface area contributed by atoms with Crippen LogP contribution in [0.2, 0.25) is 0 Å². The van der Waals surface area contributed by atoms with Crippen molar-refractivity contribution in [2.45, 2.75) is 31.3 Å². The maximum Gasteiger partial charge on any atom is 0.412 e. The number of nitrogens with zero attached hydrogens (tertiary/aromatic N) is 3. The molecule has 0 unspecified atom stereocenters. The van der Waals surface area contributed by atoms with Gasteiger partial charge in [-0.25, -0.2) is 18.2 Å². The Hall–Kier alpha value is -3.44. The van der Waals surface area contributed by atoms with Gasteiger partial charge in [0, 0.05) is 55.2 Å². The quantitative estimate of drug-likeness (QED) is 0.585. The highest BCUT2D eigenvalue weighted by atomic mass is 32.2. The van der Waals surface area contributed by atoms with Crippen molar-refractivity contribution in [3.8, 4) is 0 Å². The molecule has 2 aromatic heterocycles. The summed E-state index contributed by atoms with van der Waals surface area (Å²) >= 11 is 0. The molecular weight excluding hydrogens is 458 g/mol. The van der Waals surface area contributed by atoms with E-state index >= 15 is 0 Å². The minimum absolute atomic E-state index is 0.184. The van der Waals surface area contributed by atoms with Gasteiger partial charge in [0.15, 0.2) is 0 Å². The maximum atomic E-state index is 13.2. The second-order valence-electron chi connectivity index (χ2n) is 8.95. The Morgan fingerprint density at radius 3 is 2.38 bits per heavy atom. The van der Waals surface area contributed by atoms with E-state index in [0.717, 1.165) is 0 Å². The summed E-state index contributed by atoms with van der Waals surface area (Å²) in [6.07, 6.45) is 2.48. The largest absolute Gasteiger partial charge is 0.444 e. The van der Waals surface area contributed by atoms with Crippen molar-refractivity contribution in [3.63, 3.8) is 0 Å². The molecule has 4 rings (SSSR count). The first-order valence-electron chi connectivity index (χ1n) is 10.9. The Morgan fingerprint density at radius 2 is 1.74 bits per heavy atom. The number of fused-ring (bicyclic) bond motifs is 1. The number of ether oxygens (including phenoxy) is 1. The first kappa shape index (κ1) is 23.7. The van der Waals surface area contributed by atoms with E-state index in [-0.39, 0.29) is 37.0 Å². The molecule has 3 aromatic rings. The number of carbonyl (C=O) groups excluding carboxylic acids is 2. The van der Waals surface area contributed by atoms with Crippen molar-refractivity contribution >= 4 is 38.7 Å². The number of hydrogen-bond acceptors (Lipinski definition) is 6. The lowest BCUT2D eigenvalue weighted by atomic mass is 10.1. The second-order valence-corrected chi connectivity index (χ2v) is 10.9. The number of H-pyrrole nitrogens is 1. The van der Waals surface area contributed by atoms with Crippen LogP contribution in [-0.4, -0.2) is 71.4 Å². The zero-order valence-corrected chi connectivity index (χ0v) is 20.1. The van der Waals surface area contributed by atoms with Gasteiger partial charge in [-0.3, -0.25) is 10.1 Å². The molecule has 3 heterocycles. The van der Waals surface area contributed by atoms with Gasteiger partial charge in [0.25, 0.3) is 5.91 Å². The van der Waals surface area contributed by atoms with Crippen molar-refractivity contribution in [1.82, 2.24) is 19.2 Å². The molecule has 0 atom stereocenters. The molecule has 10 nitrogen and oxygen atoms in total. The predicted octanol–water partition coefficient (Wildman–Crippen LogP) is 3.06. The Labute approximate surface area is 198 Å². The third kappa shape index (κ3) is 5.05. The van der Waals surface area contributed by atoms with Crippen LogP contribution in [-0.2, 0) is 14.8 Å². The maximum absolute atomic E-state index is 13.2. The summed E-state index contributed by atoms with van der Waals surface area (Å²) in [6.45, 7) is 6.26. The number of carbonyl (C=O) groups is 2. The van der Waals surface area contributed by atoms with Gasteiger partial charge >= 0.3 is 6.09 Å². The van der Waals surface area contributed by atoms with Gasteiger partial charge in [0.2, 0.25) is 10.0 Å². The van der Waals surface area contributed by atoms with Crippen LogP contribution in [0.4, 0.5) is 10.5 Å². The van der Waals surface area contributed by atoms with E-state index < -0.39 is 21.7 Å². The Morgan fingerprint density at radius 1 is 1.06 bits per heavy atom. The molecule has 1 aliphatic heterocycles. The number of rotatable bonds is 4. The number of hydrogen-bond donors (Lipinski definition) is 2. The van der Waals surface area contributed by atoms with Gasteiger partial charge in [-0.15, -0.1) is 0 Å². The van der Waals surface area contributed by atoms with Gasteiger partial charge in [-0.2, -0.15) is 4.31 Å². The van der Waals surface area contributed by atoms with Crippen LogP contribution in [0.3, 0.4) is 0 Å². The van der Waals surface area contributed by atoms with E-state index in [1.165, 1.54) is 10.5 Å². The fourth-order valence-corrected chi connectivity index (χ4v) is 5.29. The molecule has 34 heavy (non-hydrogen) atoms. The molecule has 2 N–H and O–H groups in total. The smallest absolute Gasteiger partial charge is 0.412 e. The Balaban J connectivity index is 1.37. The van der Waals surface area contributed by atoms with E-state index in [0.29, 0.717) is 22.3 Å². The first-order chi connectivity index (χ1) is 16.0. The lowest BCUT2D eigenvalue weighted by Gasteiger charge is -2.34. The number of aromatic amines is 1. The number of pyridine rings is 1. The summed E-state index contributed by atoms with van der Waals surface area (Å²) in [7, 11) is -3.72. The molecule has 0 spiro atoms. The minimum atomic E-state index is -3.72. The lowest BCUT2D eigenvalue weighted by molar-refractivity contribution is 0.0635. The normalized spacial score (nSPS) is 15.3. The molecule has 0 aliphatic carbocycles. The van der Waals surface area contributed by atoms with E-state index in [1.807, 2.05) is 0 Å². The number of nitrogens with one attached hydrogen (secondary N) is 2. The van der Waals surface area contributed by atoms with Crippen LogP contribution in [0.5, 0.6) is 0 Å². The average Bonchev–Trinajstić information content (AvgIpc) is 3.23. The van der Waals surface area contributed by atoms with E-state index in [1.54, 1.807) is 68.3 Å². The highest BCUT2D eigenvalue weighted by Crippen LogP contribution is 2.25. The van der Waals surface area contributed by atoms with Crippen molar-refractivity contribution in [2.75, 3.05) is 31.5 Å². The minimum Gasteiger partial charge on any atom is -0.444 e. The molecule has 1 saturated heterocycles. The third-order valence-corrected chi connectivity index (χ3v) is 7.27. The Kier molecular flexibility index (Phi) is 6.32. The van der Waals surface area contributed by atoms with Gasteiger partial charge in [-0.05, 0) is 57.2 Å². The van der Waals surface area contributed by atoms with Gasteiger partial charge in [0.05, 0.1) is 0 Å². The number of sulfonamides is 1. The first-order valence-corrected chi connectivity index (χ1v) is 12.3. The summed E-state index contributed by atoms with van der Waals surface area (Å²) in [6, 6.07) is 9.91. The van der Waals surface area contributed by atoms with Crippen molar-refractivity contribution in [1.29, 1.82) is 0 Å². The van der Waals surface area contributed by atoms with Crippen LogP contribution in [0, 0.1) is 0 Å². The lowest BCUT2D eigenvalue weighted by Crippen LogP contribution is -2.50. The second kappa shape index (κ2) is 9.07. The van der Waals surface area contributed by atoms with Crippen LogP contribution in [0.15, 0.2) is 53.7 Å². The Bertz CT molecular complexity index is 1300. The number of aromatic nitrogens is 2. The van der Waals surface area contributed by atoms with Crippen molar-refractivity contribution in [2.24, 2.45) is 0 Å². The standard InChI is InChI=1S/C23H27N5O5S/c1-23(2,3)33-22(30)26-17-8-6-16(7-9-17)21(29)27-11-13-28(14-12-27)34(31,32)19-15-25-20-18(19)5-4-10-24-20/h4-10,15H,11-14H2,1-3H3,(H,24,25)(H,26,30). The number of amides is 2. The number of anilines is 1. The van der Waals surface area contributed by atoms with E-state index in [2.05, 4.69) is 15.3 Å². The molecule has 180 valence electrons. The monoisotopic (exact) mass is 485 g/mol. The summed E-state index contributed by atoms with van der Waals surface area (Å²) in [5, 5.41) is 3.17. The van der Waals surface area contributed by atoms with Crippen LogP contribution in [0.1, 0.15) is 31.1 Å². The third-order valence-electron chi connectivity index (χ3n) is 5.33. The fourth-order valence-electron chi connectivity index (χ4n) is 3.72. The molecule has 2 amide bonds. The molecule has 1 aliphatic rings. The molecule has 0 radical (unpaired) electrons. The zero-order valence-electron chi connectivity index (χ0n) is 19.2. The van der Waals surface area contributed by atoms with Crippen molar-refractivity contribution < 1.29 is 22.7 Å². The predicted molar refractivity (Wildman–Crippen MR) is 127 cm³/mol. The molecule has 0 saturated carbocycles. The fraction of sp³-hybridized carbons (Fsp3) is 0.348. The summed E-state index contributed by atoms with van der Waals surface area (Å²) in [5.41, 5.74) is 0.865. The average molecular weight is 486 g/mol. The molecular formula is C23H27N5O5S. The van der Waals surface area contributed by atoms with Gasteiger partial charge in [0.1, 0.15) is 16.1 Å². The van der Waals surface area contributed by atoms with Crippen LogP contribution >= 0.6 is 0 Å². The van der Waals surface area contributed by atoms with Crippen molar-refractivity contribution in [3.05, 3.63) is 54.4 Å². The highest BCUT2D eigenvalue weighted by Gasteiger charge is 2.32. The summed E-state index contributed by atoms with van der Waals surface area (Å²) in [5.74, 6) is -0.197. The zero-order chi connectivity index (χ0) is 24.5. The van der Waals surface area contributed by atoms with Gasteiger partial charge < -0.3 is 14.6 Å². The van der Waals surface area contributed by atoms with Crippen LogP contribution in [0.25, 0.3) is 11.0 Å². The topological polar surface area (TPSA) is 125 Å². The molecule has 0 bridgehead atoms. The molecule has 11 heteroatoms.